The number of hydrogen-bond donors (Lipinski definition) is 1. The van der Waals surface area contributed by atoms with Crippen molar-refractivity contribution < 1.29 is 4.79 Å². The molecule has 2 amide bonds. The minimum atomic E-state index is -0.0798. The van der Waals surface area contributed by atoms with Crippen molar-refractivity contribution in [2.45, 2.75) is 38.8 Å². The van der Waals surface area contributed by atoms with Crippen LogP contribution in [0.1, 0.15) is 35.3 Å². The molecule has 4 heterocycles. The maximum absolute atomic E-state index is 12.9. The lowest BCUT2D eigenvalue weighted by molar-refractivity contribution is 0.111. The van der Waals surface area contributed by atoms with Gasteiger partial charge in [-0.15, -0.1) is 10.2 Å². The number of amides is 2. The summed E-state index contributed by atoms with van der Waals surface area (Å²) in [7, 11) is 2.11. The number of carbonyl (C=O) groups is 1. The van der Waals surface area contributed by atoms with Crippen molar-refractivity contribution in [2.75, 3.05) is 25.5 Å². The summed E-state index contributed by atoms with van der Waals surface area (Å²) in [5.41, 5.74) is 2.46. The van der Waals surface area contributed by atoms with Gasteiger partial charge in [-0.25, -0.2) is 9.78 Å². The van der Waals surface area contributed by atoms with E-state index in [-0.39, 0.29) is 18.1 Å². The molecule has 2 fully saturated rings. The molecule has 4 rings (SSSR count). The predicted octanol–water partition coefficient (Wildman–Crippen LogP) is 3.44. The monoisotopic (exact) mass is 411 g/mol. The van der Waals surface area contributed by atoms with Gasteiger partial charge >= 0.3 is 6.03 Å². The summed E-state index contributed by atoms with van der Waals surface area (Å²) in [6.45, 7) is 9.38. The van der Waals surface area contributed by atoms with Crippen LogP contribution >= 0.6 is 11.3 Å². The zero-order valence-electron chi connectivity index (χ0n) is 16.9. The van der Waals surface area contributed by atoms with Crippen molar-refractivity contribution in [3.8, 4) is 0 Å². The predicted molar refractivity (Wildman–Crippen MR) is 117 cm³/mol. The number of aromatic nitrogens is 3. The molecule has 2 unspecified atom stereocenters. The van der Waals surface area contributed by atoms with Gasteiger partial charge in [0, 0.05) is 30.7 Å². The highest BCUT2D eigenvalue weighted by molar-refractivity contribution is 7.12. The topological polar surface area (TPSA) is 86.6 Å². The summed E-state index contributed by atoms with van der Waals surface area (Å²) < 4.78 is 0. The van der Waals surface area contributed by atoms with E-state index in [1.165, 1.54) is 11.3 Å². The average molecular weight is 412 g/mol. The van der Waals surface area contributed by atoms with Gasteiger partial charge in [-0.05, 0) is 58.2 Å². The first-order chi connectivity index (χ1) is 13.9. The van der Waals surface area contributed by atoms with Crippen LogP contribution in [-0.2, 0) is 0 Å². The number of allylic oxidation sites excluding steroid dienone is 1. The van der Waals surface area contributed by atoms with Crippen molar-refractivity contribution in [1.82, 2.24) is 25.0 Å². The number of carbonyl (C=O) groups excluding carboxylic acids is 1. The number of pyridine rings is 1. The number of likely N-dealkylation sites (tertiary alicyclic amines) is 1. The molecular formula is C20H25N7OS. The SMILES string of the molecule is C=Nc1cnc(NC(=O)N2C3CCC2CN(C)C3)cc1/C=C(\C)c1nnc(C)s1. The Labute approximate surface area is 174 Å². The maximum Gasteiger partial charge on any atom is 0.323 e. The standard InChI is InChI=1S/C20H25N7OS/c1-12(19-25-24-13(2)29-19)7-14-8-18(22-9-17(14)21-3)23-20(28)27-15-5-6-16(27)11-26(4)10-15/h7-9,15-16H,3,5-6,10-11H2,1-2,4H3,(H,22,23,28)/b12-7+. The molecule has 8 nitrogen and oxygen atoms in total. The Hall–Kier alpha value is -2.65. The highest BCUT2D eigenvalue weighted by Crippen LogP contribution is 2.31. The highest BCUT2D eigenvalue weighted by Gasteiger charge is 2.41. The number of hydrogen-bond acceptors (Lipinski definition) is 7. The van der Waals surface area contributed by atoms with E-state index in [1.807, 2.05) is 30.9 Å². The minimum absolute atomic E-state index is 0.0798. The third kappa shape index (κ3) is 4.06. The Morgan fingerprint density at radius 1 is 1.34 bits per heavy atom. The molecule has 0 aliphatic carbocycles. The van der Waals surface area contributed by atoms with Crippen LogP contribution in [0.5, 0.6) is 0 Å². The summed E-state index contributed by atoms with van der Waals surface area (Å²) in [5, 5.41) is 13.0. The molecule has 2 aliphatic rings. The Kier molecular flexibility index (Phi) is 5.42. The van der Waals surface area contributed by atoms with Crippen LogP contribution in [0.4, 0.5) is 16.3 Å². The Balaban J connectivity index is 1.55. The van der Waals surface area contributed by atoms with Crippen molar-refractivity contribution in [3.63, 3.8) is 0 Å². The summed E-state index contributed by atoms with van der Waals surface area (Å²) in [6, 6.07) is 2.30. The fourth-order valence-electron chi connectivity index (χ4n) is 4.15. The number of rotatable bonds is 4. The van der Waals surface area contributed by atoms with E-state index in [4.69, 9.17) is 0 Å². The first kappa shape index (κ1) is 19.7. The van der Waals surface area contributed by atoms with Crippen LogP contribution in [0.3, 0.4) is 0 Å². The zero-order valence-corrected chi connectivity index (χ0v) is 17.7. The fourth-order valence-corrected chi connectivity index (χ4v) is 4.81. The van der Waals surface area contributed by atoms with Gasteiger partial charge in [0.05, 0.1) is 11.9 Å². The van der Waals surface area contributed by atoms with Gasteiger partial charge in [0.1, 0.15) is 15.8 Å². The largest absolute Gasteiger partial charge is 0.323 e. The molecule has 0 aromatic carbocycles. The molecule has 0 saturated carbocycles. The summed E-state index contributed by atoms with van der Waals surface area (Å²) in [4.78, 5) is 25.6. The van der Waals surface area contributed by atoms with E-state index in [2.05, 4.69) is 44.2 Å². The van der Waals surface area contributed by atoms with Gasteiger partial charge < -0.3 is 9.80 Å². The molecule has 2 aromatic rings. The lowest BCUT2D eigenvalue weighted by atomic mass is 10.1. The van der Waals surface area contributed by atoms with Gasteiger partial charge in [-0.1, -0.05) is 11.3 Å². The van der Waals surface area contributed by atoms with Gasteiger partial charge in [0.25, 0.3) is 0 Å². The van der Waals surface area contributed by atoms with Crippen molar-refractivity contribution >= 4 is 47.2 Å². The highest BCUT2D eigenvalue weighted by atomic mass is 32.1. The zero-order chi connectivity index (χ0) is 20.5. The van der Waals surface area contributed by atoms with Crippen LogP contribution in [0.2, 0.25) is 0 Å². The van der Waals surface area contributed by atoms with Crippen LogP contribution in [0.25, 0.3) is 11.6 Å². The number of urea groups is 1. The second kappa shape index (κ2) is 8.00. The lowest BCUT2D eigenvalue weighted by Gasteiger charge is -2.39. The fraction of sp³-hybridized carbons (Fsp3) is 0.450. The molecule has 2 aliphatic heterocycles. The number of fused-ring (bicyclic) bond motifs is 2. The Morgan fingerprint density at radius 3 is 2.69 bits per heavy atom. The van der Waals surface area contributed by atoms with E-state index >= 15 is 0 Å². The quantitative estimate of drug-likeness (QED) is 0.779. The van der Waals surface area contributed by atoms with Gasteiger partial charge in [-0.2, -0.15) is 0 Å². The molecule has 0 spiro atoms. The Bertz CT molecular complexity index is 955. The van der Waals surface area contributed by atoms with Crippen LogP contribution < -0.4 is 5.32 Å². The molecule has 9 heteroatoms. The van der Waals surface area contributed by atoms with E-state index in [0.717, 1.165) is 47.1 Å². The summed E-state index contributed by atoms with van der Waals surface area (Å²) in [6.07, 6.45) is 5.72. The van der Waals surface area contributed by atoms with E-state index in [9.17, 15) is 4.79 Å². The molecule has 29 heavy (non-hydrogen) atoms. The van der Waals surface area contributed by atoms with Crippen LogP contribution in [-0.4, -0.2) is 70.0 Å². The second-order valence-corrected chi connectivity index (χ2v) is 8.87. The first-order valence-electron chi connectivity index (χ1n) is 9.68. The molecular weight excluding hydrogens is 386 g/mol. The maximum atomic E-state index is 12.9. The second-order valence-electron chi connectivity index (χ2n) is 7.68. The molecule has 2 aromatic heterocycles. The third-order valence-electron chi connectivity index (χ3n) is 5.45. The van der Waals surface area contributed by atoms with Gasteiger partial charge in [-0.3, -0.25) is 10.3 Å². The first-order valence-corrected chi connectivity index (χ1v) is 10.5. The number of anilines is 1. The molecule has 2 atom stereocenters. The van der Waals surface area contributed by atoms with E-state index < -0.39 is 0 Å². The summed E-state index contributed by atoms with van der Waals surface area (Å²) >= 11 is 1.54. The van der Waals surface area contributed by atoms with Crippen LogP contribution in [0.15, 0.2) is 17.3 Å². The molecule has 2 saturated heterocycles. The number of nitrogens with zero attached hydrogens (tertiary/aromatic N) is 6. The normalized spacial score (nSPS) is 22.0. The molecule has 152 valence electrons. The Morgan fingerprint density at radius 2 is 2.07 bits per heavy atom. The molecule has 1 N–H and O–H groups in total. The van der Waals surface area contributed by atoms with Crippen molar-refractivity contribution in [1.29, 1.82) is 0 Å². The number of piperazine rings is 1. The number of aryl methyl sites for hydroxylation is 1. The van der Waals surface area contributed by atoms with E-state index in [0.29, 0.717) is 11.5 Å². The minimum Gasteiger partial charge on any atom is -0.316 e. The van der Waals surface area contributed by atoms with E-state index in [1.54, 1.807) is 6.20 Å². The average Bonchev–Trinajstić information content (AvgIpc) is 3.23. The number of likely N-dealkylation sites (N-methyl/N-ethyl adjacent to an activating group) is 1. The lowest BCUT2D eigenvalue weighted by Crippen LogP contribution is -2.55. The smallest absolute Gasteiger partial charge is 0.316 e. The summed E-state index contributed by atoms with van der Waals surface area (Å²) in [5.74, 6) is 0.508. The van der Waals surface area contributed by atoms with Crippen molar-refractivity contribution in [2.24, 2.45) is 4.99 Å². The molecule has 0 radical (unpaired) electrons. The van der Waals surface area contributed by atoms with Crippen LogP contribution in [0, 0.1) is 6.92 Å². The number of aliphatic imine (C=N–C) groups is 1. The molecule has 2 bridgehead atoms. The van der Waals surface area contributed by atoms with Gasteiger partial charge in [0.15, 0.2) is 0 Å². The third-order valence-corrected chi connectivity index (χ3v) is 6.43. The van der Waals surface area contributed by atoms with Gasteiger partial charge in [0.2, 0.25) is 0 Å². The van der Waals surface area contributed by atoms with Crippen molar-refractivity contribution in [3.05, 3.63) is 27.8 Å². The number of nitrogens with one attached hydrogen (secondary N) is 1.